The molecule has 0 N–H and O–H groups in total. The van der Waals surface area contributed by atoms with E-state index in [-0.39, 0.29) is 24.2 Å². The third kappa shape index (κ3) is 7.15. The number of esters is 1. The lowest BCUT2D eigenvalue weighted by atomic mass is 9.84. The first kappa shape index (κ1) is 32.7. The molecule has 0 radical (unpaired) electrons. The lowest BCUT2D eigenvalue weighted by molar-refractivity contribution is -0.293. The van der Waals surface area contributed by atoms with Gasteiger partial charge in [0.05, 0.1) is 69.3 Å². The molecule has 39 heavy (non-hydrogen) atoms. The van der Waals surface area contributed by atoms with Crippen LogP contribution in [-0.4, -0.2) is 81.9 Å². The maximum Gasteiger partial charge on any atom is 0.338 e. The van der Waals surface area contributed by atoms with Crippen LogP contribution in [0.15, 0.2) is 12.1 Å². The normalized spacial score (nSPS) is 28.3. The number of methoxy groups -OCH3 is 3. The van der Waals surface area contributed by atoms with E-state index in [0.29, 0.717) is 56.3 Å². The maximum absolute atomic E-state index is 13.2. The quantitative estimate of drug-likeness (QED) is 0.375. The molecular weight excluding hydrogens is 506 g/mol. The number of carbonyl (C=O) groups excluding carboxylic acids is 2. The zero-order chi connectivity index (χ0) is 29.4. The molecule has 1 fully saturated rings. The molecule has 1 saturated heterocycles. The SMILES string of the molecule is CCC1(COC(=O)c2cc(OC)c(OC)c(OC)c2)COCC(C)(CC)N(OC(C)=O)C(C)(CC)C(C)OC1. The zero-order valence-corrected chi connectivity index (χ0v) is 25.3. The Bertz CT molecular complexity index is 961. The summed E-state index contributed by atoms with van der Waals surface area (Å²) in [5.41, 5.74) is -1.53. The third-order valence-electron chi connectivity index (χ3n) is 8.15. The first-order chi connectivity index (χ1) is 18.4. The van der Waals surface area contributed by atoms with Gasteiger partial charge in [0.2, 0.25) is 5.75 Å². The van der Waals surface area contributed by atoms with Crippen molar-refractivity contribution in [3.63, 3.8) is 0 Å². The number of nitrogens with zero attached hydrogens (tertiary/aromatic N) is 1. The molecule has 222 valence electrons. The number of hydrogen-bond donors (Lipinski definition) is 0. The van der Waals surface area contributed by atoms with Crippen LogP contribution in [0.3, 0.4) is 0 Å². The van der Waals surface area contributed by atoms with Crippen molar-refractivity contribution in [2.75, 3.05) is 47.8 Å². The average molecular weight is 554 g/mol. The summed E-state index contributed by atoms with van der Waals surface area (Å²) in [7, 11) is 4.48. The Morgan fingerprint density at radius 1 is 0.949 bits per heavy atom. The van der Waals surface area contributed by atoms with E-state index < -0.39 is 22.5 Å². The highest BCUT2D eigenvalue weighted by Gasteiger charge is 2.50. The minimum absolute atomic E-state index is 0.0883. The fourth-order valence-corrected chi connectivity index (χ4v) is 4.76. The van der Waals surface area contributed by atoms with E-state index in [1.807, 2.05) is 41.5 Å². The summed E-state index contributed by atoms with van der Waals surface area (Å²) in [6, 6.07) is 3.13. The summed E-state index contributed by atoms with van der Waals surface area (Å²) in [5.74, 6) is 0.210. The summed E-state index contributed by atoms with van der Waals surface area (Å²) in [6.45, 7) is 14.6. The van der Waals surface area contributed by atoms with E-state index in [4.69, 9.17) is 33.3 Å². The number of carbonyl (C=O) groups is 2. The number of rotatable bonds is 10. The fourth-order valence-electron chi connectivity index (χ4n) is 4.76. The van der Waals surface area contributed by atoms with Crippen LogP contribution < -0.4 is 14.2 Å². The van der Waals surface area contributed by atoms with Gasteiger partial charge in [-0.05, 0) is 52.2 Å². The zero-order valence-electron chi connectivity index (χ0n) is 25.3. The molecule has 4 atom stereocenters. The van der Waals surface area contributed by atoms with Crippen molar-refractivity contribution in [1.29, 1.82) is 0 Å². The van der Waals surface area contributed by atoms with Crippen molar-refractivity contribution in [1.82, 2.24) is 5.06 Å². The van der Waals surface area contributed by atoms with E-state index >= 15 is 0 Å². The Morgan fingerprint density at radius 3 is 2.03 bits per heavy atom. The lowest BCUT2D eigenvalue weighted by Gasteiger charge is -2.52. The minimum Gasteiger partial charge on any atom is -0.493 e. The van der Waals surface area contributed by atoms with E-state index in [2.05, 4.69) is 0 Å². The maximum atomic E-state index is 13.2. The summed E-state index contributed by atoms with van der Waals surface area (Å²) in [6.07, 6.45) is 1.70. The van der Waals surface area contributed by atoms with Gasteiger partial charge in [0.15, 0.2) is 11.5 Å². The Morgan fingerprint density at radius 2 is 1.56 bits per heavy atom. The first-order valence-electron chi connectivity index (χ1n) is 13.5. The molecule has 10 nitrogen and oxygen atoms in total. The number of ether oxygens (including phenoxy) is 6. The van der Waals surface area contributed by atoms with Crippen molar-refractivity contribution in [3.05, 3.63) is 17.7 Å². The van der Waals surface area contributed by atoms with Gasteiger partial charge < -0.3 is 33.3 Å². The van der Waals surface area contributed by atoms with Crippen LogP contribution in [0.5, 0.6) is 17.2 Å². The van der Waals surface area contributed by atoms with Gasteiger partial charge in [0.25, 0.3) is 0 Å². The van der Waals surface area contributed by atoms with Crippen LogP contribution in [0.25, 0.3) is 0 Å². The molecular formula is C29H47NO9. The van der Waals surface area contributed by atoms with Crippen molar-refractivity contribution >= 4 is 11.9 Å². The van der Waals surface area contributed by atoms with Gasteiger partial charge in [-0.1, -0.05) is 20.8 Å². The molecule has 1 aromatic rings. The molecule has 0 bridgehead atoms. The number of benzene rings is 1. The van der Waals surface area contributed by atoms with Gasteiger partial charge in [0, 0.05) is 6.92 Å². The smallest absolute Gasteiger partial charge is 0.338 e. The summed E-state index contributed by atoms with van der Waals surface area (Å²) in [4.78, 5) is 31.1. The topological polar surface area (TPSA) is 102 Å². The molecule has 1 aromatic carbocycles. The minimum atomic E-state index is -0.622. The van der Waals surface area contributed by atoms with E-state index in [0.717, 1.165) is 0 Å². The van der Waals surface area contributed by atoms with Gasteiger partial charge in [-0.25, -0.2) is 4.79 Å². The van der Waals surface area contributed by atoms with E-state index in [9.17, 15) is 9.59 Å². The van der Waals surface area contributed by atoms with Crippen LogP contribution in [0.1, 0.15) is 78.1 Å². The van der Waals surface area contributed by atoms with Crippen molar-refractivity contribution < 1.29 is 42.8 Å². The second kappa shape index (κ2) is 13.7. The Labute approximate surface area is 233 Å². The highest BCUT2D eigenvalue weighted by atomic mass is 16.7. The van der Waals surface area contributed by atoms with Crippen molar-refractivity contribution in [2.24, 2.45) is 5.41 Å². The van der Waals surface area contributed by atoms with Gasteiger partial charge in [-0.2, -0.15) is 0 Å². The predicted molar refractivity (Wildman–Crippen MR) is 146 cm³/mol. The summed E-state index contributed by atoms with van der Waals surface area (Å²) < 4.78 is 34.7. The standard InChI is InChI=1S/C29H47NO9/c1-11-27(6)16-36-17-29(13-3,18-37-20(4)28(7,12-2)30(27)39-21(5)31)19-38-26(32)22-14-23(33-8)25(35-10)24(15-22)34-9/h14-15,20H,11-13,16-19H2,1-10H3. The molecule has 1 heterocycles. The van der Waals surface area contributed by atoms with Crippen LogP contribution >= 0.6 is 0 Å². The monoisotopic (exact) mass is 553 g/mol. The third-order valence-corrected chi connectivity index (χ3v) is 8.15. The second-order valence-electron chi connectivity index (χ2n) is 10.7. The van der Waals surface area contributed by atoms with Crippen LogP contribution in [-0.2, 0) is 23.8 Å². The van der Waals surface area contributed by atoms with Crippen LogP contribution in [0.4, 0.5) is 0 Å². The molecule has 10 heteroatoms. The van der Waals surface area contributed by atoms with Crippen molar-refractivity contribution in [2.45, 2.75) is 84.9 Å². The molecule has 2 rings (SSSR count). The first-order valence-corrected chi connectivity index (χ1v) is 13.5. The van der Waals surface area contributed by atoms with Gasteiger partial charge in [-0.15, -0.1) is 5.06 Å². The lowest BCUT2D eigenvalue weighted by Crippen LogP contribution is -2.65. The summed E-state index contributed by atoms with van der Waals surface area (Å²) >= 11 is 0. The Balaban J connectivity index is 2.34. The molecule has 0 amide bonds. The fraction of sp³-hybridized carbons (Fsp3) is 0.724. The van der Waals surface area contributed by atoms with Crippen molar-refractivity contribution in [3.8, 4) is 17.2 Å². The highest BCUT2D eigenvalue weighted by Crippen LogP contribution is 2.40. The Kier molecular flexibility index (Phi) is 11.4. The molecule has 1 aliphatic rings. The van der Waals surface area contributed by atoms with Gasteiger partial charge in [0.1, 0.15) is 6.61 Å². The molecule has 1 aliphatic heterocycles. The summed E-state index contributed by atoms with van der Waals surface area (Å²) in [5, 5.41) is 1.77. The number of hydrogen-bond acceptors (Lipinski definition) is 10. The number of hydroxylamine groups is 2. The van der Waals surface area contributed by atoms with Gasteiger partial charge >= 0.3 is 11.9 Å². The molecule has 0 saturated carbocycles. The van der Waals surface area contributed by atoms with Crippen LogP contribution in [0.2, 0.25) is 0 Å². The largest absolute Gasteiger partial charge is 0.493 e. The van der Waals surface area contributed by atoms with E-state index in [1.54, 1.807) is 17.2 Å². The highest BCUT2D eigenvalue weighted by molar-refractivity contribution is 5.91. The van der Waals surface area contributed by atoms with Crippen LogP contribution in [0, 0.1) is 5.41 Å². The Hall–Kier alpha value is -2.56. The van der Waals surface area contributed by atoms with E-state index in [1.165, 1.54) is 28.3 Å². The predicted octanol–water partition coefficient (Wildman–Crippen LogP) is 4.82. The second-order valence-corrected chi connectivity index (χ2v) is 10.7. The molecule has 0 aromatic heterocycles. The molecule has 0 spiro atoms. The van der Waals surface area contributed by atoms with Gasteiger partial charge in [-0.3, -0.25) is 4.79 Å². The molecule has 4 unspecified atom stereocenters. The molecule has 0 aliphatic carbocycles. The average Bonchev–Trinajstić information content (AvgIpc) is 2.94.